The van der Waals surface area contributed by atoms with Gasteiger partial charge in [0.05, 0.1) is 22.5 Å². The zero-order valence-corrected chi connectivity index (χ0v) is 16.0. The third-order valence-electron chi connectivity index (χ3n) is 4.30. The Hall–Kier alpha value is -1.18. The number of hydrogen-bond donors (Lipinski definition) is 0. The first kappa shape index (κ1) is 17.6. The highest BCUT2D eigenvalue weighted by molar-refractivity contribution is 8.26. The SMILES string of the molecule is CC(C)c1ccc(/C=C2/SC(=S)N(C3CCS(=O)(=O)C3)C2=O)cc1. The van der Waals surface area contributed by atoms with E-state index in [0.717, 1.165) is 5.56 Å². The molecule has 2 heterocycles. The molecule has 2 aliphatic rings. The summed E-state index contributed by atoms with van der Waals surface area (Å²) in [5, 5.41) is 0. The number of nitrogens with zero attached hydrogens (tertiary/aromatic N) is 1. The monoisotopic (exact) mass is 381 g/mol. The number of carbonyl (C=O) groups is 1. The molecule has 0 spiro atoms. The van der Waals surface area contributed by atoms with Crippen molar-refractivity contribution in [2.24, 2.45) is 0 Å². The van der Waals surface area contributed by atoms with Gasteiger partial charge in [-0.25, -0.2) is 8.42 Å². The number of sulfone groups is 1. The van der Waals surface area contributed by atoms with E-state index < -0.39 is 9.84 Å². The zero-order chi connectivity index (χ0) is 17.5. The van der Waals surface area contributed by atoms with E-state index in [2.05, 4.69) is 26.0 Å². The second kappa shape index (κ2) is 6.61. The van der Waals surface area contributed by atoms with Gasteiger partial charge in [-0.3, -0.25) is 9.69 Å². The number of thiocarbonyl (C=S) groups is 1. The van der Waals surface area contributed by atoms with Crippen molar-refractivity contribution in [2.75, 3.05) is 11.5 Å². The predicted molar refractivity (Wildman–Crippen MR) is 103 cm³/mol. The fourth-order valence-electron chi connectivity index (χ4n) is 2.90. The topological polar surface area (TPSA) is 54.5 Å². The van der Waals surface area contributed by atoms with E-state index in [1.54, 1.807) is 0 Å². The first-order valence-corrected chi connectivity index (χ1v) is 10.9. The van der Waals surface area contributed by atoms with E-state index in [0.29, 0.717) is 21.6 Å². The van der Waals surface area contributed by atoms with Crippen LogP contribution in [0.2, 0.25) is 0 Å². The Kier molecular flexibility index (Phi) is 4.86. The van der Waals surface area contributed by atoms with Crippen LogP contribution >= 0.6 is 24.0 Å². The Bertz CT molecular complexity index is 810. The summed E-state index contributed by atoms with van der Waals surface area (Å²) in [5.41, 5.74) is 2.19. The average Bonchev–Trinajstić information content (AvgIpc) is 2.99. The second-order valence-electron chi connectivity index (χ2n) is 6.43. The summed E-state index contributed by atoms with van der Waals surface area (Å²) in [6.45, 7) is 4.27. The smallest absolute Gasteiger partial charge is 0.266 e. The summed E-state index contributed by atoms with van der Waals surface area (Å²) in [6, 6.07) is 7.77. The third-order valence-corrected chi connectivity index (χ3v) is 7.38. The molecule has 2 aliphatic heterocycles. The molecule has 0 radical (unpaired) electrons. The van der Waals surface area contributed by atoms with Crippen LogP contribution in [0, 0.1) is 0 Å². The van der Waals surface area contributed by atoms with Crippen molar-refractivity contribution in [3.8, 4) is 0 Å². The minimum Gasteiger partial charge on any atom is -0.289 e. The molecule has 1 aromatic carbocycles. The van der Waals surface area contributed by atoms with Crippen LogP contribution in [0.5, 0.6) is 0 Å². The molecule has 2 fully saturated rings. The van der Waals surface area contributed by atoms with Crippen LogP contribution in [0.3, 0.4) is 0 Å². The summed E-state index contributed by atoms with van der Waals surface area (Å²) in [6.07, 6.45) is 2.29. The van der Waals surface area contributed by atoms with Crippen LogP contribution in [-0.2, 0) is 14.6 Å². The maximum absolute atomic E-state index is 12.6. The molecule has 1 unspecified atom stereocenters. The number of benzene rings is 1. The van der Waals surface area contributed by atoms with E-state index in [1.165, 1.54) is 22.2 Å². The van der Waals surface area contributed by atoms with E-state index in [9.17, 15) is 13.2 Å². The lowest BCUT2D eigenvalue weighted by Gasteiger charge is -2.20. The fourth-order valence-corrected chi connectivity index (χ4v) is 6.00. The molecule has 0 saturated carbocycles. The standard InChI is InChI=1S/C17H19NO3S3/c1-11(2)13-5-3-12(4-6-13)9-15-16(19)18(17(22)23-15)14-7-8-24(20,21)10-14/h3-6,9,11,14H,7-8,10H2,1-2H3/b15-9+. The lowest BCUT2D eigenvalue weighted by Crippen LogP contribution is -2.39. The van der Waals surface area contributed by atoms with Gasteiger partial charge in [-0.15, -0.1) is 0 Å². The summed E-state index contributed by atoms with van der Waals surface area (Å²) >= 11 is 6.56. The quantitative estimate of drug-likeness (QED) is 0.594. The predicted octanol–water partition coefficient (Wildman–Crippen LogP) is 3.20. The van der Waals surface area contributed by atoms with Gasteiger partial charge in [0.2, 0.25) is 0 Å². The van der Waals surface area contributed by atoms with Crippen LogP contribution in [0.4, 0.5) is 0 Å². The van der Waals surface area contributed by atoms with Crippen molar-refractivity contribution < 1.29 is 13.2 Å². The minimum atomic E-state index is -3.05. The minimum absolute atomic E-state index is 0.00973. The van der Waals surface area contributed by atoms with Gasteiger partial charge in [0.15, 0.2) is 9.84 Å². The number of hydrogen-bond acceptors (Lipinski definition) is 5. The normalized spacial score (nSPS) is 25.2. The van der Waals surface area contributed by atoms with Gasteiger partial charge < -0.3 is 0 Å². The molecule has 0 N–H and O–H groups in total. The summed E-state index contributed by atoms with van der Waals surface area (Å²) < 4.78 is 23.8. The van der Waals surface area contributed by atoms with Crippen molar-refractivity contribution in [3.05, 3.63) is 40.3 Å². The molecule has 3 rings (SSSR count). The van der Waals surface area contributed by atoms with Gasteiger partial charge in [0, 0.05) is 0 Å². The molecule has 7 heteroatoms. The molecule has 1 amide bonds. The molecule has 1 aromatic rings. The Morgan fingerprint density at radius 1 is 1.29 bits per heavy atom. The summed E-state index contributed by atoms with van der Waals surface area (Å²) in [4.78, 5) is 14.7. The molecular weight excluding hydrogens is 362 g/mol. The average molecular weight is 382 g/mol. The van der Waals surface area contributed by atoms with Crippen molar-refractivity contribution in [1.29, 1.82) is 0 Å². The highest BCUT2D eigenvalue weighted by atomic mass is 32.2. The van der Waals surface area contributed by atoms with Gasteiger partial charge in [-0.05, 0) is 29.5 Å². The molecule has 2 saturated heterocycles. The Morgan fingerprint density at radius 2 is 1.96 bits per heavy atom. The molecule has 0 bridgehead atoms. The Morgan fingerprint density at radius 3 is 2.50 bits per heavy atom. The second-order valence-corrected chi connectivity index (χ2v) is 10.3. The maximum Gasteiger partial charge on any atom is 0.266 e. The largest absolute Gasteiger partial charge is 0.289 e. The van der Waals surface area contributed by atoms with E-state index in [1.807, 2.05) is 18.2 Å². The first-order valence-electron chi connectivity index (χ1n) is 7.84. The van der Waals surface area contributed by atoms with Crippen LogP contribution in [-0.4, -0.2) is 41.1 Å². The molecular formula is C17H19NO3S3. The number of carbonyl (C=O) groups excluding carboxylic acids is 1. The van der Waals surface area contributed by atoms with Gasteiger partial charge in [0.25, 0.3) is 5.91 Å². The summed E-state index contributed by atoms with van der Waals surface area (Å²) in [7, 11) is -3.05. The number of amides is 1. The van der Waals surface area contributed by atoms with Crippen LogP contribution in [0.15, 0.2) is 29.2 Å². The molecule has 4 nitrogen and oxygen atoms in total. The van der Waals surface area contributed by atoms with E-state index in [4.69, 9.17) is 12.2 Å². The van der Waals surface area contributed by atoms with Crippen molar-refractivity contribution in [1.82, 2.24) is 4.90 Å². The zero-order valence-electron chi connectivity index (χ0n) is 13.6. The highest BCUT2D eigenvalue weighted by Crippen LogP contribution is 2.36. The first-order chi connectivity index (χ1) is 11.3. The van der Waals surface area contributed by atoms with Crippen LogP contribution in [0.25, 0.3) is 6.08 Å². The van der Waals surface area contributed by atoms with Gasteiger partial charge in [-0.1, -0.05) is 62.1 Å². The fraction of sp³-hybridized carbons (Fsp3) is 0.412. The number of rotatable bonds is 3. The maximum atomic E-state index is 12.6. The Labute approximate surface area is 152 Å². The van der Waals surface area contributed by atoms with Gasteiger partial charge in [-0.2, -0.15) is 0 Å². The molecule has 0 aromatic heterocycles. The van der Waals surface area contributed by atoms with Crippen molar-refractivity contribution in [3.63, 3.8) is 0 Å². The highest BCUT2D eigenvalue weighted by Gasteiger charge is 2.42. The molecule has 0 aliphatic carbocycles. The van der Waals surface area contributed by atoms with Crippen LogP contribution in [0.1, 0.15) is 37.3 Å². The lowest BCUT2D eigenvalue weighted by molar-refractivity contribution is -0.123. The molecule has 128 valence electrons. The van der Waals surface area contributed by atoms with Crippen molar-refractivity contribution in [2.45, 2.75) is 32.2 Å². The lowest BCUT2D eigenvalue weighted by atomic mass is 10.0. The van der Waals surface area contributed by atoms with Gasteiger partial charge >= 0.3 is 0 Å². The molecule has 1 atom stereocenters. The van der Waals surface area contributed by atoms with Gasteiger partial charge in [0.1, 0.15) is 4.32 Å². The third kappa shape index (κ3) is 3.58. The number of thioether (sulfide) groups is 1. The summed E-state index contributed by atoms with van der Waals surface area (Å²) in [5.74, 6) is 0.418. The van der Waals surface area contributed by atoms with Crippen LogP contribution < -0.4 is 0 Å². The Balaban J connectivity index is 1.81. The van der Waals surface area contributed by atoms with E-state index >= 15 is 0 Å². The van der Waals surface area contributed by atoms with E-state index in [-0.39, 0.29) is 23.5 Å². The van der Waals surface area contributed by atoms with Crippen molar-refractivity contribution >= 4 is 50.1 Å². The molecule has 24 heavy (non-hydrogen) atoms.